The second-order valence-corrected chi connectivity index (χ2v) is 5.01. The van der Waals surface area contributed by atoms with Crippen LogP contribution in [0.25, 0.3) is 0 Å². The van der Waals surface area contributed by atoms with Crippen LogP contribution in [0.5, 0.6) is 11.5 Å². The molecule has 0 amide bonds. The molecule has 0 bridgehead atoms. The molecule has 2 atom stereocenters. The van der Waals surface area contributed by atoms with E-state index in [0.717, 1.165) is 5.56 Å². The highest BCUT2D eigenvalue weighted by Gasteiger charge is 2.15. The number of aliphatic hydroxyl groups excluding tert-OH is 2. The Morgan fingerprint density at radius 1 is 1.10 bits per heavy atom. The first kappa shape index (κ1) is 17.1. The smallest absolute Gasteiger partial charge is 0.141 e. The van der Waals surface area contributed by atoms with Crippen molar-refractivity contribution in [2.24, 2.45) is 0 Å². The van der Waals surface area contributed by atoms with Gasteiger partial charge in [-0.2, -0.15) is 0 Å². The SMILES string of the molecule is CCOc1cc(OCC)c(CCC(O)C(C)O)cc1Cl. The van der Waals surface area contributed by atoms with Crippen molar-refractivity contribution in [2.75, 3.05) is 13.2 Å². The van der Waals surface area contributed by atoms with Crippen molar-refractivity contribution < 1.29 is 19.7 Å². The number of ether oxygens (including phenoxy) is 2. The Balaban J connectivity index is 2.90. The summed E-state index contributed by atoms with van der Waals surface area (Å²) in [5, 5.41) is 19.5. The zero-order valence-electron chi connectivity index (χ0n) is 12.2. The van der Waals surface area contributed by atoms with Crippen LogP contribution in [-0.4, -0.2) is 35.6 Å². The van der Waals surface area contributed by atoms with Gasteiger partial charge in [0.1, 0.15) is 11.5 Å². The summed E-state index contributed by atoms with van der Waals surface area (Å²) >= 11 is 6.17. The molecule has 0 aliphatic rings. The quantitative estimate of drug-likeness (QED) is 0.775. The predicted molar refractivity (Wildman–Crippen MR) is 79.8 cm³/mol. The van der Waals surface area contributed by atoms with Gasteiger partial charge in [-0.05, 0) is 45.2 Å². The lowest BCUT2D eigenvalue weighted by Crippen LogP contribution is -2.22. The van der Waals surface area contributed by atoms with Gasteiger partial charge in [0.05, 0.1) is 30.4 Å². The van der Waals surface area contributed by atoms with Gasteiger partial charge in [-0.3, -0.25) is 0 Å². The first-order valence-corrected chi connectivity index (χ1v) is 7.31. The minimum absolute atomic E-state index is 0.446. The van der Waals surface area contributed by atoms with Gasteiger partial charge in [0.2, 0.25) is 0 Å². The molecule has 1 aromatic rings. The topological polar surface area (TPSA) is 58.9 Å². The number of hydrogen-bond donors (Lipinski definition) is 2. The maximum absolute atomic E-state index is 9.67. The van der Waals surface area contributed by atoms with Gasteiger partial charge in [-0.1, -0.05) is 11.6 Å². The Bertz CT molecular complexity index is 421. The highest BCUT2D eigenvalue weighted by Crippen LogP contribution is 2.33. The van der Waals surface area contributed by atoms with Crippen LogP contribution in [0.15, 0.2) is 12.1 Å². The number of aliphatic hydroxyl groups is 2. The van der Waals surface area contributed by atoms with E-state index in [9.17, 15) is 10.2 Å². The Kier molecular flexibility index (Phi) is 7.13. The Morgan fingerprint density at radius 3 is 2.25 bits per heavy atom. The minimum Gasteiger partial charge on any atom is -0.493 e. The Labute approximate surface area is 125 Å². The van der Waals surface area contributed by atoms with Gasteiger partial charge in [-0.25, -0.2) is 0 Å². The average Bonchev–Trinajstić information content (AvgIpc) is 2.40. The summed E-state index contributed by atoms with van der Waals surface area (Å²) in [4.78, 5) is 0. The number of halogens is 1. The molecule has 20 heavy (non-hydrogen) atoms. The Hall–Kier alpha value is -0.970. The zero-order chi connectivity index (χ0) is 15.1. The highest BCUT2D eigenvalue weighted by atomic mass is 35.5. The summed E-state index contributed by atoms with van der Waals surface area (Å²) in [7, 11) is 0. The van der Waals surface area contributed by atoms with Gasteiger partial charge in [0.25, 0.3) is 0 Å². The molecule has 2 N–H and O–H groups in total. The van der Waals surface area contributed by atoms with Crippen molar-refractivity contribution in [1.29, 1.82) is 0 Å². The van der Waals surface area contributed by atoms with Crippen molar-refractivity contribution in [1.82, 2.24) is 0 Å². The number of aryl methyl sites for hydroxylation is 1. The number of benzene rings is 1. The standard InChI is InChI=1S/C15H23ClO4/c1-4-19-14-9-15(20-5-2)12(16)8-11(14)6-7-13(18)10(3)17/h8-10,13,17-18H,4-7H2,1-3H3. The molecule has 2 unspecified atom stereocenters. The summed E-state index contributed by atoms with van der Waals surface area (Å²) in [6.45, 7) is 6.44. The van der Waals surface area contributed by atoms with E-state index in [2.05, 4.69) is 0 Å². The molecule has 5 heteroatoms. The molecular weight excluding hydrogens is 280 g/mol. The fraction of sp³-hybridized carbons (Fsp3) is 0.600. The van der Waals surface area contributed by atoms with Gasteiger partial charge in [0, 0.05) is 6.07 Å². The van der Waals surface area contributed by atoms with E-state index < -0.39 is 12.2 Å². The van der Waals surface area contributed by atoms with E-state index in [1.54, 1.807) is 19.1 Å². The normalized spacial score (nSPS) is 13.9. The molecule has 0 heterocycles. The van der Waals surface area contributed by atoms with E-state index in [-0.39, 0.29) is 0 Å². The molecule has 0 radical (unpaired) electrons. The lowest BCUT2D eigenvalue weighted by molar-refractivity contribution is 0.0264. The van der Waals surface area contributed by atoms with Crippen LogP contribution in [0.2, 0.25) is 5.02 Å². The molecule has 4 nitrogen and oxygen atoms in total. The van der Waals surface area contributed by atoms with E-state index in [1.807, 2.05) is 13.8 Å². The van der Waals surface area contributed by atoms with Crippen LogP contribution < -0.4 is 9.47 Å². The van der Waals surface area contributed by atoms with Crippen molar-refractivity contribution in [3.05, 3.63) is 22.7 Å². The molecule has 0 aliphatic carbocycles. The lowest BCUT2D eigenvalue weighted by atomic mass is 10.0. The fourth-order valence-corrected chi connectivity index (χ4v) is 2.11. The third-order valence-corrected chi connectivity index (χ3v) is 3.28. The second-order valence-electron chi connectivity index (χ2n) is 4.60. The molecular formula is C15H23ClO4. The van der Waals surface area contributed by atoms with E-state index in [4.69, 9.17) is 21.1 Å². The molecule has 0 saturated carbocycles. The first-order chi connectivity index (χ1) is 9.49. The van der Waals surface area contributed by atoms with Crippen LogP contribution in [0.1, 0.15) is 32.8 Å². The molecule has 0 saturated heterocycles. The number of hydrogen-bond acceptors (Lipinski definition) is 4. The van der Waals surface area contributed by atoms with Gasteiger partial charge < -0.3 is 19.7 Å². The summed E-state index contributed by atoms with van der Waals surface area (Å²) in [5.41, 5.74) is 0.903. The van der Waals surface area contributed by atoms with Crippen molar-refractivity contribution in [3.8, 4) is 11.5 Å². The summed E-state index contributed by atoms with van der Waals surface area (Å²) in [5.74, 6) is 1.30. The van der Waals surface area contributed by atoms with Crippen LogP contribution in [-0.2, 0) is 6.42 Å². The monoisotopic (exact) mass is 302 g/mol. The van der Waals surface area contributed by atoms with Crippen molar-refractivity contribution in [3.63, 3.8) is 0 Å². The fourth-order valence-electron chi connectivity index (χ4n) is 1.87. The van der Waals surface area contributed by atoms with Gasteiger partial charge >= 0.3 is 0 Å². The molecule has 114 valence electrons. The molecule has 0 aliphatic heterocycles. The molecule has 0 aromatic heterocycles. The number of rotatable bonds is 8. The summed E-state index contributed by atoms with van der Waals surface area (Å²) in [6, 6.07) is 3.58. The molecule has 1 aromatic carbocycles. The average molecular weight is 303 g/mol. The zero-order valence-corrected chi connectivity index (χ0v) is 13.0. The maximum atomic E-state index is 9.67. The van der Waals surface area contributed by atoms with Crippen LogP contribution in [0.3, 0.4) is 0 Å². The third kappa shape index (κ3) is 4.85. The van der Waals surface area contributed by atoms with Crippen LogP contribution in [0.4, 0.5) is 0 Å². The molecule has 0 spiro atoms. The molecule has 1 rings (SSSR count). The maximum Gasteiger partial charge on any atom is 0.141 e. The van der Waals surface area contributed by atoms with Gasteiger partial charge in [-0.15, -0.1) is 0 Å². The third-order valence-electron chi connectivity index (χ3n) is 2.98. The predicted octanol–water partition coefficient (Wildman–Crippen LogP) is 2.81. The van der Waals surface area contributed by atoms with Crippen LogP contribution in [0, 0.1) is 0 Å². The second kappa shape index (κ2) is 8.35. The lowest BCUT2D eigenvalue weighted by Gasteiger charge is -2.17. The summed E-state index contributed by atoms with van der Waals surface area (Å²) in [6.07, 6.45) is -0.478. The van der Waals surface area contributed by atoms with E-state index in [0.29, 0.717) is 42.6 Å². The van der Waals surface area contributed by atoms with Crippen LogP contribution >= 0.6 is 11.6 Å². The Morgan fingerprint density at radius 2 is 1.70 bits per heavy atom. The van der Waals surface area contributed by atoms with E-state index in [1.165, 1.54) is 0 Å². The van der Waals surface area contributed by atoms with Crippen molar-refractivity contribution in [2.45, 2.75) is 45.8 Å². The van der Waals surface area contributed by atoms with Crippen molar-refractivity contribution >= 4 is 11.6 Å². The highest BCUT2D eigenvalue weighted by molar-refractivity contribution is 6.32. The minimum atomic E-state index is -0.755. The summed E-state index contributed by atoms with van der Waals surface area (Å²) < 4.78 is 11.0. The molecule has 0 fully saturated rings. The largest absolute Gasteiger partial charge is 0.493 e. The first-order valence-electron chi connectivity index (χ1n) is 6.93. The van der Waals surface area contributed by atoms with E-state index >= 15 is 0 Å². The van der Waals surface area contributed by atoms with Gasteiger partial charge in [0.15, 0.2) is 0 Å².